The number of benzene rings is 2. The summed E-state index contributed by atoms with van der Waals surface area (Å²) in [6.07, 6.45) is 0. The maximum absolute atomic E-state index is 13.5. The molecule has 1 N–H and O–H groups in total. The third-order valence-electron chi connectivity index (χ3n) is 3.17. The molecule has 0 atom stereocenters. The number of aromatic nitrogens is 4. The van der Waals surface area contributed by atoms with Crippen molar-refractivity contribution < 1.29 is 9.18 Å². The van der Waals surface area contributed by atoms with Crippen LogP contribution in [0.5, 0.6) is 0 Å². The lowest BCUT2D eigenvalue weighted by Crippen LogP contribution is -2.15. The van der Waals surface area contributed by atoms with Gasteiger partial charge in [-0.15, -0.1) is 5.10 Å². The Morgan fingerprint density at radius 2 is 2.08 bits per heavy atom. The molecule has 1 heterocycles. The van der Waals surface area contributed by atoms with Crippen LogP contribution in [0.2, 0.25) is 0 Å². The second-order valence-corrected chi connectivity index (χ2v) is 5.97. The molecule has 0 aliphatic carbocycles. The summed E-state index contributed by atoms with van der Waals surface area (Å²) in [5.41, 5.74) is 2.05. The van der Waals surface area contributed by atoms with E-state index < -0.39 is 5.82 Å². The summed E-state index contributed by atoms with van der Waals surface area (Å²) in [6, 6.07) is 13.7. The van der Waals surface area contributed by atoms with Gasteiger partial charge >= 0.3 is 0 Å². The number of carbonyl (C=O) groups excluding carboxylic acids is 1. The number of hydrogen-bond acceptors (Lipinski definition) is 5. The SMILES string of the molecule is Cc1cccc(-n2nnnc2SCC(=O)Nc2ccccc2F)c1. The highest BCUT2D eigenvalue weighted by Gasteiger charge is 2.12. The average molecular weight is 343 g/mol. The fraction of sp³-hybridized carbons (Fsp3) is 0.125. The van der Waals surface area contributed by atoms with Gasteiger partial charge < -0.3 is 5.32 Å². The number of anilines is 1. The van der Waals surface area contributed by atoms with Gasteiger partial charge in [0.05, 0.1) is 17.1 Å². The van der Waals surface area contributed by atoms with Crippen molar-refractivity contribution in [1.82, 2.24) is 20.2 Å². The zero-order valence-corrected chi connectivity index (χ0v) is 13.6. The number of nitrogens with zero attached hydrogens (tertiary/aromatic N) is 4. The van der Waals surface area contributed by atoms with E-state index in [4.69, 9.17) is 0 Å². The minimum atomic E-state index is -0.472. The minimum Gasteiger partial charge on any atom is -0.323 e. The van der Waals surface area contributed by atoms with Crippen molar-refractivity contribution >= 4 is 23.4 Å². The van der Waals surface area contributed by atoms with E-state index in [0.29, 0.717) is 5.16 Å². The number of thioether (sulfide) groups is 1. The number of carbonyl (C=O) groups is 1. The van der Waals surface area contributed by atoms with Crippen LogP contribution in [0, 0.1) is 12.7 Å². The van der Waals surface area contributed by atoms with Gasteiger partial charge in [-0.2, -0.15) is 4.68 Å². The maximum Gasteiger partial charge on any atom is 0.234 e. The molecule has 2 aromatic carbocycles. The molecule has 0 aliphatic rings. The molecule has 0 spiro atoms. The summed E-state index contributed by atoms with van der Waals surface area (Å²) in [7, 11) is 0. The number of hydrogen-bond donors (Lipinski definition) is 1. The van der Waals surface area contributed by atoms with Crippen LogP contribution in [0.25, 0.3) is 5.69 Å². The van der Waals surface area contributed by atoms with Gasteiger partial charge in [0, 0.05) is 0 Å². The lowest BCUT2D eigenvalue weighted by atomic mass is 10.2. The summed E-state index contributed by atoms with van der Waals surface area (Å²) < 4.78 is 15.1. The molecule has 1 aromatic heterocycles. The van der Waals surface area contributed by atoms with E-state index in [1.807, 2.05) is 31.2 Å². The minimum absolute atomic E-state index is 0.0700. The van der Waals surface area contributed by atoms with Gasteiger partial charge in [-0.1, -0.05) is 36.0 Å². The van der Waals surface area contributed by atoms with E-state index >= 15 is 0 Å². The molecule has 0 saturated heterocycles. The second-order valence-electron chi connectivity index (χ2n) is 5.03. The smallest absolute Gasteiger partial charge is 0.234 e. The van der Waals surface area contributed by atoms with E-state index in [-0.39, 0.29) is 17.3 Å². The number of para-hydroxylation sites is 1. The number of amides is 1. The molecule has 3 aromatic rings. The Morgan fingerprint density at radius 1 is 1.25 bits per heavy atom. The van der Waals surface area contributed by atoms with Gasteiger partial charge in [0.2, 0.25) is 11.1 Å². The van der Waals surface area contributed by atoms with Crippen LogP contribution >= 0.6 is 11.8 Å². The Bertz CT molecular complexity index is 867. The van der Waals surface area contributed by atoms with Crippen LogP contribution < -0.4 is 5.32 Å². The van der Waals surface area contributed by atoms with E-state index in [1.165, 1.54) is 23.9 Å². The quantitative estimate of drug-likeness (QED) is 0.721. The van der Waals surface area contributed by atoms with Crippen molar-refractivity contribution in [1.29, 1.82) is 0 Å². The van der Waals surface area contributed by atoms with Crippen molar-refractivity contribution in [3.63, 3.8) is 0 Å². The van der Waals surface area contributed by atoms with Crippen molar-refractivity contribution in [2.45, 2.75) is 12.1 Å². The predicted molar refractivity (Wildman–Crippen MR) is 89.6 cm³/mol. The molecule has 6 nitrogen and oxygen atoms in total. The first-order valence-corrected chi connectivity index (χ1v) is 8.14. The molecule has 24 heavy (non-hydrogen) atoms. The second kappa shape index (κ2) is 7.22. The molecule has 0 fully saturated rings. The molecule has 0 unspecified atom stereocenters. The molecular formula is C16H14FN5OS. The first-order valence-electron chi connectivity index (χ1n) is 7.16. The molecule has 0 bridgehead atoms. The average Bonchev–Trinajstić information content (AvgIpc) is 3.04. The summed E-state index contributed by atoms with van der Waals surface area (Å²) in [4.78, 5) is 12.0. The first kappa shape index (κ1) is 16.1. The Morgan fingerprint density at radius 3 is 2.88 bits per heavy atom. The maximum atomic E-state index is 13.5. The van der Waals surface area contributed by atoms with Crippen molar-refractivity contribution in [2.75, 3.05) is 11.1 Å². The molecule has 0 saturated carbocycles. The zero-order chi connectivity index (χ0) is 16.9. The molecule has 3 rings (SSSR count). The highest BCUT2D eigenvalue weighted by atomic mass is 32.2. The number of tetrazole rings is 1. The standard InChI is InChI=1S/C16H14FN5OS/c1-11-5-4-6-12(9-11)22-16(19-20-21-22)24-10-15(23)18-14-8-3-2-7-13(14)17/h2-9H,10H2,1H3,(H,18,23). The number of rotatable bonds is 5. The van der Waals surface area contributed by atoms with Crippen LogP contribution in [0.4, 0.5) is 10.1 Å². The van der Waals surface area contributed by atoms with Gasteiger partial charge in [0.1, 0.15) is 5.82 Å². The van der Waals surface area contributed by atoms with Crippen molar-refractivity contribution in [3.05, 3.63) is 59.9 Å². The molecule has 0 aliphatic heterocycles. The predicted octanol–water partition coefficient (Wildman–Crippen LogP) is 2.84. The number of aryl methyl sites for hydroxylation is 1. The fourth-order valence-corrected chi connectivity index (χ4v) is 2.76. The highest BCUT2D eigenvalue weighted by molar-refractivity contribution is 7.99. The summed E-state index contributed by atoms with van der Waals surface area (Å²) in [6.45, 7) is 1.97. The summed E-state index contributed by atoms with van der Waals surface area (Å²) in [5.74, 6) is -0.732. The van der Waals surface area contributed by atoms with Crippen LogP contribution in [-0.2, 0) is 4.79 Å². The lowest BCUT2D eigenvalue weighted by Gasteiger charge is -2.07. The van der Waals surface area contributed by atoms with Gasteiger partial charge in [-0.05, 0) is 47.2 Å². The van der Waals surface area contributed by atoms with E-state index in [2.05, 4.69) is 20.8 Å². The van der Waals surface area contributed by atoms with Crippen LogP contribution in [0.15, 0.2) is 53.7 Å². The lowest BCUT2D eigenvalue weighted by molar-refractivity contribution is -0.113. The molecular weight excluding hydrogens is 329 g/mol. The van der Waals surface area contributed by atoms with Gasteiger partial charge in [-0.25, -0.2) is 4.39 Å². The monoisotopic (exact) mass is 343 g/mol. The zero-order valence-electron chi connectivity index (χ0n) is 12.8. The largest absolute Gasteiger partial charge is 0.323 e. The van der Waals surface area contributed by atoms with Gasteiger partial charge in [-0.3, -0.25) is 4.79 Å². The fourth-order valence-electron chi connectivity index (χ4n) is 2.07. The molecule has 122 valence electrons. The highest BCUT2D eigenvalue weighted by Crippen LogP contribution is 2.19. The third-order valence-corrected chi connectivity index (χ3v) is 4.09. The van der Waals surface area contributed by atoms with Gasteiger partial charge in [0.25, 0.3) is 0 Å². The Balaban J connectivity index is 1.67. The normalized spacial score (nSPS) is 10.6. The van der Waals surface area contributed by atoms with Gasteiger partial charge in [0.15, 0.2) is 0 Å². The van der Waals surface area contributed by atoms with Crippen LogP contribution in [-0.4, -0.2) is 31.9 Å². The molecule has 1 amide bonds. The Kier molecular flexibility index (Phi) is 4.85. The topological polar surface area (TPSA) is 72.7 Å². The Labute approximate surface area is 142 Å². The van der Waals surface area contributed by atoms with Crippen LogP contribution in [0.1, 0.15) is 5.56 Å². The van der Waals surface area contributed by atoms with Crippen LogP contribution in [0.3, 0.4) is 0 Å². The van der Waals surface area contributed by atoms with Crippen molar-refractivity contribution in [2.24, 2.45) is 0 Å². The Hall–Kier alpha value is -2.74. The third kappa shape index (κ3) is 3.77. The van der Waals surface area contributed by atoms with E-state index in [9.17, 15) is 9.18 Å². The summed E-state index contributed by atoms with van der Waals surface area (Å²) >= 11 is 1.18. The first-order chi connectivity index (χ1) is 11.6. The molecule has 0 radical (unpaired) electrons. The molecule has 8 heteroatoms. The van der Waals surface area contributed by atoms with E-state index in [0.717, 1.165) is 11.3 Å². The van der Waals surface area contributed by atoms with Crippen molar-refractivity contribution in [3.8, 4) is 5.69 Å². The number of halogens is 1. The summed E-state index contributed by atoms with van der Waals surface area (Å²) in [5, 5.41) is 14.5. The number of nitrogens with one attached hydrogen (secondary N) is 1. The van der Waals surface area contributed by atoms with E-state index in [1.54, 1.807) is 16.8 Å².